The van der Waals surface area contributed by atoms with E-state index in [-0.39, 0.29) is 27.6 Å². The number of rotatable bonds is 5. The van der Waals surface area contributed by atoms with Gasteiger partial charge in [-0.2, -0.15) is 4.31 Å². The Bertz CT molecular complexity index is 1100. The average molecular weight is 399 g/mol. The Morgan fingerprint density at radius 2 is 1.68 bits per heavy atom. The third kappa shape index (κ3) is 3.19. The zero-order chi connectivity index (χ0) is 20.1. The largest absolute Gasteiger partial charge is 0.322 e. The molecule has 0 aromatic heterocycles. The first-order chi connectivity index (χ1) is 13.3. The number of hydrogen-bond acceptors (Lipinski definition) is 5. The monoisotopic (exact) mass is 399 g/mol. The number of benzene rings is 2. The second-order valence-corrected chi connectivity index (χ2v) is 8.77. The van der Waals surface area contributed by atoms with Gasteiger partial charge in [-0.3, -0.25) is 19.7 Å². The van der Waals surface area contributed by atoms with E-state index in [0.717, 1.165) is 12.8 Å². The molecule has 4 rings (SSSR count). The lowest BCUT2D eigenvalue weighted by Gasteiger charge is -2.16. The van der Waals surface area contributed by atoms with E-state index in [1.54, 1.807) is 7.05 Å². The van der Waals surface area contributed by atoms with Crippen LogP contribution in [0.3, 0.4) is 0 Å². The predicted molar refractivity (Wildman–Crippen MR) is 101 cm³/mol. The van der Waals surface area contributed by atoms with Crippen molar-refractivity contribution in [2.45, 2.75) is 23.8 Å². The van der Waals surface area contributed by atoms with Gasteiger partial charge in [-0.05, 0) is 55.3 Å². The number of sulfonamides is 1. The van der Waals surface area contributed by atoms with Crippen molar-refractivity contribution >= 4 is 33.4 Å². The number of carbonyl (C=O) groups is 3. The van der Waals surface area contributed by atoms with Crippen molar-refractivity contribution in [1.82, 2.24) is 9.62 Å². The van der Waals surface area contributed by atoms with Gasteiger partial charge in [0.2, 0.25) is 10.0 Å². The Morgan fingerprint density at radius 3 is 2.32 bits per heavy atom. The quantitative estimate of drug-likeness (QED) is 0.742. The molecule has 0 spiro atoms. The zero-order valence-electron chi connectivity index (χ0n) is 14.9. The van der Waals surface area contributed by atoms with Crippen molar-refractivity contribution in [3.8, 4) is 0 Å². The van der Waals surface area contributed by atoms with Crippen LogP contribution >= 0.6 is 0 Å². The maximum Gasteiger partial charge on any atom is 0.259 e. The summed E-state index contributed by atoms with van der Waals surface area (Å²) in [4.78, 5) is 35.8. The van der Waals surface area contributed by atoms with Crippen LogP contribution in [0.5, 0.6) is 0 Å². The average Bonchev–Trinajstić information content (AvgIpc) is 3.48. The molecule has 2 N–H and O–H groups in total. The molecule has 1 aliphatic carbocycles. The van der Waals surface area contributed by atoms with Crippen LogP contribution in [-0.2, 0) is 10.0 Å². The lowest BCUT2D eigenvalue weighted by molar-refractivity contribution is 0.0878. The van der Waals surface area contributed by atoms with Gasteiger partial charge in [0.25, 0.3) is 17.7 Å². The summed E-state index contributed by atoms with van der Waals surface area (Å²) in [5.41, 5.74) is 1.09. The molecule has 1 aliphatic heterocycles. The number of fused-ring (bicyclic) bond motifs is 1. The summed E-state index contributed by atoms with van der Waals surface area (Å²) < 4.78 is 26.4. The Labute approximate surface area is 161 Å². The molecule has 2 aliphatic rings. The third-order valence-electron chi connectivity index (χ3n) is 4.85. The van der Waals surface area contributed by atoms with E-state index >= 15 is 0 Å². The lowest BCUT2D eigenvalue weighted by Crippen LogP contribution is -2.29. The fourth-order valence-electron chi connectivity index (χ4n) is 3.03. The molecule has 0 saturated heterocycles. The number of hydrogen-bond donors (Lipinski definition) is 2. The van der Waals surface area contributed by atoms with Crippen LogP contribution < -0.4 is 10.6 Å². The summed E-state index contributed by atoms with van der Waals surface area (Å²) in [7, 11) is -2.01. The van der Waals surface area contributed by atoms with Crippen molar-refractivity contribution < 1.29 is 22.8 Å². The maximum absolute atomic E-state index is 12.5. The highest BCUT2D eigenvalue weighted by Crippen LogP contribution is 2.30. The third-order valence-corrected chi connectivity index (χ3v) is 6.77. The first-order valence-corrected chi connectivity index (χ1v) is 10.1. The molecule has 0 bridgehead atoms. The minimum Gasteiger partial charge on any atom is -0.322 e. The summed E-state index contributed by atoms with van der Waals surface area (Å²) in [5.74, 6) is -1.43. The molecule has 144 valence electrons. The topological polar surface area (TPSA) is 113 Å². The predicted octanol–water partition coefficient (Wildman–Crippen LogP) is 1.61. The molecule has 1 fully saturated rings. The van der Waals surface area contributed by atoms with Crippen LogP contribution in [0.15, 0.2) is 47.4 Å². The van der Waals surface area contributed by atoms with E-state index in [9.17, 15) is 22.8 Å². The van der Waals surface area contributed by atoms with Crippen molar-refractivity contribution in [3.63, 3.8) is 0 Å². The number of amides is 3. The summed E-state index contributed by atoms with van der Waals surface area (Å²) in [6.45, 7) is 0. The van der Waals surface area contributed by atoms with Crippen LogP contribution in [0.2, 0.25) is 0 Å². The first kappa shape index (κ1) is 18.3. The van der Waals surface area contributed by atoms with E-state index in [2.05, 4.69) is 10.6 Å². The molecular formula is C19H17N3O5S. The van der Waals surface area contributed by atoms with E-state index in [1.165, 1.54) is 46.8 Å². The van der Waals surface area contributed by atoms with E-state index < -0.39 is 27.7 Å². The van der Waals surface area contributed by atoms with Gasteiger partial charge in [0.1, 0.15) is 0 Å². The van der Waals surface area contributed by atoms with Gasteiger partial charge in [-0.1, -0.05) is 0 Å². The molecule has 1 saturated carbocycles. The molecule has 9 heteroatoms. The molecule has 2 aromatic carbocycles. The summed E-state index contributed by atoms with van der Waals surface area (Å²) in [6, 6.07) is 10.1. The minimum atomic E-state index is -3.57. The summed E-state index contributed by atoms with van der Waals surface area (Å²) in [6.07, 6.45) is 1.72. The fraction of sp³-hybridized carbons (Fsp3) is 0.211. The van der Waals surface area contributed by atoms with Crippen LogP contribution in [0.4, 0.5) is 5.69 Å². The standard InChI is InChI=1S/C19H17N3O5S/c1-22(13-5-6-13)28(26,27)14-7-2-11(3-8-14)17(23)20-12-4-9-15-16(10-12)19(25)21-18(15)24/h2-4,7-10,13H,5-6H2,1H3,(H,20,23)(H,21,24,25). The Hall–Kier alpha value is -3.04. The second-order valence-electron chi connectivity index (χ2n) is 6.77. The van der Waals surface area contributed by atoms with Crippen LogP contribution in [0, 0.1) is 0 Å². The summed E-state index contributed by atoms with van der Waals surface area (Å²) in [5, 5.41) is 4.83. The van der Waals surface area contributed by atoms with Crippen molar-refractivity contribution in [2.24, 2.45) is 0 Å². The molecular weight excluding hydrogens is 382 g/mol. The van der Waals surface area contributed by atoms with Gasteiger partial charge in [0.15, 0.2) is 0 Å². The highest BCUT2D eigenvalue weighted by atomic mass is 32.2. The van der Waals surface area contributed by atoms with Gasteiger partial charge in [0, 0.05) is 24.3 Å². The smallest absolute Gasteiger partial charge is 0.259 e. The number of imide groups is 1. The Balaban J connectivity index is 1.51. The van der Waals surface area contributed by atoms with Gasteiger partial charge in [-0.25, -0.2) is 8.42 Å². The SMILES string of the molecule is CN(C1CC1)S(=O)(=O)c1ccc(C(=O)Nc2ccc3c(c2)C(=O)NC3=O)cc1. The fourth-order valence-corrected chi connectivity index (χ4v) is 4.44. The lowest BCUT2D eigenvalue weighted by atomic mass is 10.1. The molecule has 0 atom stereocenters. The van der Waals surface area contributed by atoms with Crippen LogP contribution in [-0.4, -0.2) is 43.5 Å². The minimum absolute atomic E-state index is 0.0527. The summed E-state index contributed by atoms with van der Waals surface area (Å²) >= 11 is 0. The van der Waals surface area contributed by atoms with Gasteiger partial charge in [0.05, 0.1) is 16.0 Å². The zero-order valence-corrected chi connectivity index (χ0v) is 15.7. The number of nitrogens with one attached hydrogen (secondary N) is 2. The number of anilines is 1. The van der Waals surface area contributed by atoms with Gasteiger partial charge >= 0.3 is 0 Å². The molecule has 28 heavy (non-hydrogen) atoms. The first-order valence-electron chi connectivity index (χ1n) is 8.66. The Kier molecular flexibility index (Phi) is 4.28. The molecule has 3 amide bonds. The maximum atomic E-state index is 12.5. The van der Waals surface area contributed by atoms with Gasteiger partial charge in [-0.15, -0.1) is 0 Å². The van der Waals surface area contributed by atoms with E-state index in [4.69, 9.17) is 0 Å². The molecule has 8 nitrogen and oxygen atoms in total. The van der Waals surface area contributed by atoms with Crippen LogP contribution in [0.25, 0.3) is 0 Å². The van der Waals surface area contributed by atoms with Crippen molar-refractivity contribution in [1.29, 1.82) is 0 Å². The second kappa shape index (κ2) is 6.54. The normalized spacial score (nSPS) is 16.1. The highest BCUT2D eigenvalue weighted by Gasteiger charge is 2.35. The molecule has 2 aromatic rings. The molecule has 1 heterocycles. The Morgan fingerprint density at radius 1 is 1.04 bits per heavy atom. The van der Waals surface area contributed by atoms with Crippen LogP contribution in [0.1, 0.15) is 43.9 Å². The van der Waals surface area contributed by atoms with E-state index in [1.807, 2.05) is 0 Å². The molecule has 0 unspecified atom stereocenters. The van der Waals surface area contributed by atoms with E-state index in [0.29, 0.717) is 5.69 Å². The highest BCUT2D eigenvalue weighted by molar-refractivity contribution is 7.89. The van der Waals surface area contributed by atoms with Crippen molar-refractivity contribution in [2.75, 3.05) is 12.4 Å². The number of nitrogens with zero attached hydrogens (tertiary/aromatic N) is 1. The van der Waals surface area contributed by atoms with Crippen molar-refractivity contribution in [3.05, 3.63) is 59.2 Å². The number of carbonyl (C=O) groups excluding carboxylic acids is 3. The molecule has 0 radical (unpaired) electrons. The van der Waals surface area contributed by atoms with Gasteiger partial charge < -0.3 is 5.32 Å².